The van der Waals surface area contributed by atoms with Crippen LogP contribution in [-0.4, -0.2) is 25.4 Å². The molecule has 0 saturated carbocycles. The number of hydrogen-bond acceptors (Lipinski definition) is 4. The molecule has 168 valence electrons. The molecule has 2 fully saturated rings. The lowest BCUT2D eigenvalue weighted by Gasteiger charge is -2.42. The Morgan fingerprint density at radius 3 is 2.29 bits per heavy atom. The largest absolute Gasteiger partial charge is 0.494 e. The van der Waals surface area contributed by atoms with Crippen LogP contribution in [0.25, 0.3) is 0 Å². The van der Waals surface area contributed by atoms with E-state index in [9.17, 15) is 13.2 Å². The van der Waals surface area contributed by atoms with Crippen molar-refractivity contribution in [3.05, 3.63) is 65.2 Å². The SMILES string of the molecule is CCCCOc1ccc(C2OC[C@H]3O[C@@H](c4ccc(C(F)(F)F)cc4)CC[C@@H]3O2)cc1. The third kappa shape index (κ3) is 5.40. The van der Waals surface area contributed by atoms with E-state index in [1.165, 1.54) is 12.1 Å². The van der Waals surface area contributed by atoms with Gasteiger partial charge in [0.1, 0.15) is 11.9 Å². The molecule has 1 unspecified atom stereocenters. The summed E-state index contributed by atoms with van der Waals surface area (Å²) in [6, 6.07) is 12.9. The minimum Gasteiger partial charge on any atom is -0.494 e. The fourth-order valence-corrected chi connectivity index (χ4v) is 3.91. The van der Waals surface area contributed by atoms with Crippen LogP contribution in [0.1, 0.15) is 61.7 Å². The van der Waals surface area contributed by atoms with E-state index in [4.69, 9.17) is 18.9 Å². The first-order valence-electron chi connectivity index (χ1n) is 10.8. The van der Waals surface area contributed by atoms with Crippen molar-refractivity contribution in [1.82, 2.24) is 0 Å². The fraction of sp³-hybridized carbons (Fsp3) is 0.500. The molecule has 2 saturated heterocycles. The molecule has 2 heterocycles. The standard InChI is InChI=1S/C24H27F3O4/c1-2-3-14-28-19-10-6-17(7-11-19)23-29-15-22-21(31-23)13-12-20(30-22)16-4-8-18(9-5-16)24(25,26)27/h4-11,20-23H,2-3,12-15H2,1H3/t20-,21+,22-,23?/m1/s1. The monoisotopic (exact) mass is 436 g/mol. The van der Waals surface area contributed by atoms with Crippen molar-refractivity contribution in [3.8, 4) is 5.75 Å². The summed E-state index contributed by atoms with van der Waals surface area (Å²) < 4.78 is 62.1. The first kappa shape index (κ1) is 22.1. The molecule has 2 aliphatic rings. The van der Waals surface area contributed by atoms with Crippen molar-refractivity contribution in [1.29, 1.82) is 0 Å². The number of rotatable bonds is 6. The normalized spacial score (nSPS) is 26.3. The van der Waals surface area contributed by atoms with Crippen LogP contribution in [0.15, 0.2) is 48.5 Å². The van der Waals surface area contributed by atoms with Gasteiger partial charge in [0.25, 0.3) is 0 Å². The second-order valence-corrected chi connectivity index (χ2v) is 7.97. The molecule has 2 aliphatic heterocycles. The number of fused-ring (bicyclic) bond motifs is 1. The van der Waals surface area contributed by atoms with E-state index in [1.807, 2.05) is 24.3 Å². The number of halogens is 3. The molecular weight excluding hydrogens is 409 g/mol. The molecule has 0 aromatic heterocycles. The molecule has 4 nitrogen and oxygen atoms in total. The van der Waals surface area contributed by atoms with Crippen LogP contribution in [0, 0.1) is 0 Å². The predicted octanol–water partition coefficient (Wildman–Crippen LogP) is 6.22. The van der Waals surface area contributed by atoms with Gasteiger partial charge in [-0.3, -0.25) is 0 Å². The molecular formula is C24H27F3O4. The van der Waals surface area contributed by atoms with Gasteiger partial charge in [0.15, 0.2) is 6.29 Å². The summed E-state index contributed by atoms with van der Waals surface area (Å²) in [6.45, 7) is 3.20. The zero-order valence-corrected chi connectivity index (χ0v) is 17.4. The molecule has 0 amide bonds. The van der Waals surface area contributed by atoms with E-state index in [1.54, 1.807) is 0 Å². The molecule has 31 heavy (non-hydrogen) atoms. The van der Waals surface area contributed by atoms with E-state index < -0.39 is 18.0 Å². The number of benzene rings is 2. The molecule has 0 spiro atoms. The molecule has 0 radical (unpaired) electrons. The van der Waals surface area contributed by atoms with E-state index in [0.29, 0.717) is 19.6 Å². The lowest BCUT2D eigenvalue weighted by Crippen LogP contribution is -2.45. The Bertz CT molecular complexity index is 835. The highest BCUT2D eigenvalue weighted by Crippen LogP contribution is 2.39. The maximum Gasteiger partial charge on any atom is 0.416 e. The Balaban J connectivity index is 1.32. The molecule has 0 N–H and O–H groups in total. The summed E-state index contributed by atoms with van der Waals surface area (Å²) in [7, 11) is 0. The topological polar surface area (TPSA) is 36.9 Å². The molecule has 2 aromatic carbocycles. The van der Waals surface area contributed by atoms with Crippen LogP contribution in [0.2, 0.25) is 0 Å². The summed E-state index contributed by atoms with van der Waals surface area (Å²) in [4.78, 5) is 0. The van der Waals surface area contributed by atoms with Crippen molar-refractivity contribution in [2.24, 2.45) is 0 Å². The van der Waals surface area contributed by atoms with Gasteiger partial charge < -0.3 is 18.9 Å². The van der Waals surface area contributed by atoms with Crippen LogP contribution >= 0.6 is 0 Å². The molecule has 0 aliphatic carbocycles. The van der Waals surface area contributed by atoms with Crippen LogP contribution in [0.5, 0.6) is 5.75 Å². The fourth-order valence-electron chi connectivity index (χ4n) is 3.91. The molecule has 0 bridgehead atoms. The smallest absolute Gasteiger partial charge is 0.416 e. The van der Waals surface area contributed by atoms with Gasteiger partial charge >= 0.3 is 6.18 Å². The predicted molar refractivity (Wildman–Crippen MR) is 109 cm³/mol. The van der Waals surface area contributed by atoms with Crippen LogP contribution < -0.4 is 4.74 Å². The number of hydrogen-bond donors (Lipinski definition) is 0. The van der Waals surface area contributed by atoms with Gasteiger partial charge in [0, 0.05) is 5.56 Å². The highest BCUT2D eigenvalue weighted by atomic mass is 19.4. The van der Waals surface area contributed by atoms with Crippen LogP contribution in [-0.2, 0) is 20.4 Å². The maximum atomic E-state index is 12.8. The van der Waals surface area contributed by atoms with Crippen molar-refractivity contribution < 1.29 is 32.1 Å². The van der Waals surface area contributed by atoms with Gasteiger partial charge in [-0.25, -0.2) is 0 Å². The second-order valence-electron chi connectivity index (χ2n) is 7.97. The van der Waals surface area contributed by atoms with Crippen molar-refractivity contribution in [2.45, 2.75) is 63.4 Å². The third-order valence-electron chi connectivity index (χ3n) is 5.71. The quantitative estimate of drug-likeness (QED) is 0.504. The summed E-state index contributed by atoms with van der Waals surface area (Å²) in [5.74, 6) is 0.825. The summed E-state index contributed by atoms with van der Waals surface area (Å²) in [5, 5.41) is 0. The summed E-state index contributed by atoms with van der Waals surface area (Å²) in [6.07, 6.45) is -1.85. The number of alkyl halides is 3. The van der Waals surface area contributed by atoms with E-state index in [2.05, 4.69) is 6.92 Å². The van der Waals surface area contributed by atoms with E-state index in [0.717, 1.165) is 48.3 Å². The third-order valence-corrected chi connectivity index (χ3v) is 5.71. The van der Waals surface area contributed by atoms with E-state index >= 15 is 0 Å². The molecule has 2 aromatic rings. The Hall–Kier alpha value is -2.09. The van der Waals surface area contributed by atoms with Gasteiger partial charge in [-0.05, 0) is 49.1 Å². The molecule has 7 heteroatoms. The highest BCUT2D eigenvalue weighted by Gasteiger charge is 2.39. The molecule has 4 rings (SSSR count). The average Bonchev–Trinajstić information content (AvgIpc) is 2.78. The minimum atomic E-state index is -4.34. The van der Waals surface area contributed by atoms with Gasteiger partial charge in [-0.1, -0.05) is 37.6 Å². The van der Waals surface area contributed by atoms with Crippen LogP contribution in [0.4, 0.5) is 13.2 Å². The van der Waals surface area contributed by atoms with Crippen molar-refractivity contribution >= 4 is 0 Å². The Morgan fingerprint density at radius 2 is 1.61 bits per heavy atom. The Labute approximate surface area is 180 Å². The Morgan fingerprint density at radius 1 is 0.903 bits per heavy atom. The zero-order chi connectivity index (χ0) is 21.8. The summed E-state index contributed by atoms with van der Waals surface area (Å²) >= 11 is 0. The Kier molecular flexibility index (Phi) is 6.84. The average molecular weight is 436 g/mol. The molecule has 4 atom stereocenters. The van der Waals surface area contributed by atoms with Crippen molar-refractivity contribution in [3.63, 3.8) is 0 Å². The van der Waals surface area contributed by atoms with Crippen LogP contribution in [0.3, 0.4) is 0 Å². The second kappa shape index (κ2) is 9.59. The van der Waals surface area contributed by atoms with Gasteiger partial charge in [-0.15, -0.1) is 0 Å². The van der Waals surface area contributed by atoms with Gasteiger partial charge in [0.2, 0.25) is 0 Å². The minimum absolute atomic E-state index is 0.107. The first-order chi connectivity index (χ1) is 14.9. The summed E-state index contributed by atoms with van der Waals surface area (Å²) in [5.41, 5.74) is 1.01. The van der Waals surface area contributed by atoms with E-state index in [-0.39, 0.29) is 18.3 Å². The van der Waals surface area contributed by atoms with Crippen molar-refractivity contribution in [2.75, 3.05) is 13.2 Å². The van der Waals surface area contributed by atoms with Gasteiger partial charge in [-0.2, -0.15) is 13.2 Å². The highest BCUT2D eigenvalue weighted by molar-refractivity contribution is 5.28. The van der Waals surface area contributed by atoms with Gasteiger partial charge in [0.05, 0.1) is 31.0 Å². The lowest BCUT2D eigenvalue weighted by atomic mass is 9.95. The number of ether oxygens (including phenoxy) is 4. The first-order valence-corrected chi connectivity index (χ1v) is 10.8. The lowest BCUT2D eigenvalue weighted by molar-refractivity contribution is -0.289. The zero-order valence-electron chi connectivity index (χ0n) is 17.4. The number of unbranched alkanes of at least 4 members (excludes halogenated alkanes) is 1. The maximum absolute atomic E-state index is 12.8.